The van der Waals surface area contributed by atoms with E-state index in [2.05, 4.69) is 202 Å². The van der Waals surface area contributed by atoms with Crippen LogP contribution in [-0.4, -0.2) is 21.2 Å². The molecular formula is C62H51B2N2. The molecular weight excluding hydrogens is 794 g/mol. The number of benzene rings is 5. The molecule has 0 aromatic heterocycles. The SMILES string of the molecule is [B]C1=CC=C(NC2C3=C(/C=C\C4=C(C)NC5=C(CCC=C5)C45C4=CCCC=C4c4ccccc45)C=C(c4ccccc4C)C2c2cc4c(cc2[B]3)Cc2ccccc2-4)C(c2ccccc2)C1. The molecule has 3 radical (unpaired) electrons. The first kappa shape index (κ1) is 39.6. The van der Waals surface area contributed by atoms with E-state index >= 15 is 0 Å². The van der Waals surface area contributed by atoms with Gasteiger partial charge in [0.1, 0.15) is 7.85 Å². The van der Waals surface area contributed by atoms with Gasteiger partial charge in [-0.1, -0.05) is 169 Å². The fraction of sp³-hybridized carbons (Fsp3) is 0.194. The maximum atomic E-state index is 6.65. The van der Waals surface area contributed by atoms with Gasteiger partial charge in [0.15, 0.2) is 7.28 Å². The fourth-order valence-electron chi connectivity index (χ4n) is 13.1. The number of nitrogens with one attached hydrogen (secondary N) is 2. The Bertz CT molecular complexity index is 3270. The predicted molar refractivity (Wildman–Crippen MR) is 275 cm³/mol. The Morgan fingerprint density at radius 3 is 2.44 bits per heavy atom. The number of aryl methyl sites for hydroxylation is 1. The van der Waals surface area contributed by atoms with E-state index in [0.29, 0.717) is 0 Å². The molecule has 0 fully saturated rings. The summed E-state index contributed by atoms with van der Waals surface area (Å²) in [5, 5.41) is 8.28. The van der Waals surface area contributed by atoms with Crippen LogP contribution in [0.5, 0.6) is 0 Å². The first-order valence-corrected chi connectivity index (χ1v) is 24.1. The van der Waals surface area contributed by atoms with Gasteiger partial charge in [-0.2, -0.15) is 0 Å². The minimum atomic E-state index is -0.363. The van der Waals surface area contributed by atoms with E-state index in [1.54, 1.807) is 0 Å². The van der Waals surface area contributed by atoms with Crippen molar-refractivity contribution < 1.29 is 0 Å². The Morgan fingerprint density at radius 2 is 1.56 bits per heavy atom. The highest BCUT2D eigenvalue weighted by atomic mass is 15.0. The molecule has 6 aliphatic carbocycles. The summed E-state index contributed by atoms with van der Waals surface area (Å²) in [6.07, 6.45) is 27.6. The molecule has 66 heavy (non-hydrogen) atoms. The molecule has 5 aromatic rings. The molecule has 4 atom stereocenters. The Balaban J connectivity index is 1.03. The van der Waals surface area contributed by atoms with E-state index in [1.165, 1.54) is 117 Å². The maximum Gasteiger partial charge on any atom is 0.189 e. The zero-order valence-corrected chi connectivity index (χ0v) is 37.8. The second-order valence-corrected chi connectivity index (χ2v) is 19.5. The fourth-order valence-corrected chi connectivity index (χ4v) is 13.1. The van der Waals surface area contributed by atoms with Crippen molar-refractivity contribution in [1.29, 1.82) is 0 Å². The monoisotopic (exact) mass is 845 g/mol. The number of rotatable bonds is 6. The van der Waals surface area contributed by atoms with E-state index in [9.17, 15) is 0 Å². The van der Waals surface area contributed by atoms with Gasteiger partial charge in [0, 0.05) is 28.9 Å². The first-order valence-electron chi connectivity index (χ1n) is 24.1. The third-order valence-corrected chi connectivity index (χ3v) is 15.9. The third kappa shape index (κ3) is 5.96. The average Bonchev–Trinajstić information content (AvgIpc) is 3.85. The zero-order valence-electron chi connectivity index (χ0n) is 37.8. The van der Waals surface area contributed by atoms with E-state index < -0.39 is 0 Å². The predicted octanol–water partition coefficient (Wildman–Crippen LogP) is 12.5. The normalized spacial score (nSPS) is 24.2. The highest BCUT2D eigenvalue weighted by Gasteiger charge is 2.53. The molecule has 4 unspecified atom stereocenters. The summed E-state index contributed by atoms with van der Waals surface area (Å²) in [6.45, 7) is 4.58. The number of hydrogen-bond acceptors (Lipinski definition) is 2. The minimum absolute atomic E-state index is 0.0363. The molecule has 2 bridgehead atoms. The van der Waals surface area contributed by atoms with Crippen LogP contribution in [0.4, 0.5) is 0 Å². The van der Waals surface area contributed by atoms with Gasteiger partial charge in [0.2, 0.25) is 0 Å². The molecule has 2 nitrogen and oxygen atoms in total. The average molecular weight is 846 g/mol. The zero-order chi connectivity index (χ0) is 44.1. The van der Waals surface area contributed by atoms with Crippen LogP contribution < -0.4 is 16.1 Å². The maximum absolute atomic E-state index is 6.65. The smallest absolute Gasteiger partial charge is 0.189 e. The summed E-state index contributed by atoms with van der Waals surface area (Å²) in [5.74, 6) is 0.182. The minimum Gasteiger partial charge on any atom is -0.381 e. The van der Waals surface area contributed by atoms with Gasteiger partial charge in [-0.3, -0.25) is 0 Å². The Labute approximate surface area is 392 Å². The highest BCUT2D eigenvalue weighted by molar-refractivity contribution is 6.63. The van der Waals surface area contributed by atoms with Crippen LogP contribution in [0.2, 0.25) is 0 Å². The van der Waals surface area contributed by atoms with Crippen LogP contribution >= 0.6 is 0 Å². The van der Waals surface area contributed by atoms with Crippen molar-refractivity contribution in [3.63, 3.8) is 0 Å². The van der Waals surface area contributed by atoms with Gasteiger partial charge in [-0.15, -0.1) is 5.47 Å². The van der Waals surface area contributed by atoms with Crippen molar-refractivity contribution in [1.82, 2.24) is 10.6 Å². The Hall–Kier alpha value is -6.77. The highest BCUT2D eigenvalue weighted by Crippen LogP contribution is 2.62. The van der Waals surface area contributed by atoms with Crippen molar-refractivity contribution in [3.05, 3.63) is 265 Å². The van der Waals surface area contributed by atoms with Crippen LogP contribution in [0, 0.1) is 6.92 Å². The van der Waals surface area contributed by atoms with Gasteiger partial charge in [0.25, 0.3) is 0 Å². The van der Waals surface area contributed by atoms with Gasteiger partial charge >= 0.3 is 0 Å². The van der Waals surface area contributed by atoms with Crippen LogP contribution in [-0.2, 0) is 11.8 Å². The van der Waals surface area contributed by atoms with Crippen molar-refractivity contribution in [2.75, 3.05) is 0 Å². The Kier molecular flexibility index (Phi) is 9.25. The lowest BCUT2D eigenvalue weighted by Crippen LogP contribution is -2.49. The standard InChI is InChI=1S/C62H51B2N2/c1-37-16-6-8-20-44(37)50-33-41(28-30-52-38(2)65-58-27-15-14-26-55(58)62(52)53-24-12-10-22-46(53)47-23-11-13-25-54(47)62)60-61(66-57-31-29-43(63)35-49(57)39-17-4-3-5-18-39)59(50)51-36-48-42(34-56(51)64-60)32-40-19-7-9-21-45(40)48/h3-10,12,15-25,27-31,33-34,36,49,59,61,65-66H,11,13-14,26,32,35H2,1-2H3/b30-28-. The van der Waals surface area contributed by atoms with Gasteiger partial charge in [-0.25, -0.2) is 0 Å². The van der Waals surface area contributed by atoms with Crippen molar-refractivity contribution in [2.24, 2.45) is 0 Å². The van der Waals surface area contributed by atoms with Gasteiger partial charge in [-0.05, 0) is 154 Å². The summed E-state index contributed by atoms with van der Waals surface area (Å²) in [6, 6.07) is 43.2. The molecule has 0 saturated heterocycles. The molecule has 315 valence electrons. The molecule has 5 aromatic carbocycles. The quantitative estimate of drug-likeness (QED) is 0.163. The third-order valence-electron chi connectivity index (χ3n) is 15.9. The summed E-state index contributed by atoms with van der Waals surface area (Å²) in [4.78, 5) is 0. The lowest BCUT2D eigenvalue weighted by atomic mass is 9.47. The molecule has 2 aliphatic heterocycles. The number of hydrogen-bond donors (Lipinski definition) is 2. The largest absolute Gasteiger partial charge is 0.381 e. The van der Waals surface area contributed by atoms with E-state index in [1.807, 2.05) is 0 Å². The number of fused-ring (bicyclic) bond motifs is 13. The summed E-state index contributed by atoms with van der Waals surface area (Å²) in [5.41, 5.74) is 28.9. The van der Waals surface area contributed by atoms with Gasteiger partial charge < -0.3 is 10.6 Å². The van der Waals surface area contributed by atoms with E-state index in [0.717, 1.165) is 44.0 Å². The van der Waals surface area contributed by atoms with Crippen LogP contribution in [0.25, 0.3) is 22.3 Å². The molecule has 4 heteroatoms. The van der Waals surface area contributed by atoms with Crippen molar-refractivity contribution in [3.8, 4) is 11.1 Å². The summed E-state index contributed by atoms with van der Waals surface area (Å²) >= 11 is 0. The topological polar surface area (TPSA) is 24.1 Å². The van der Waals surface area contributed by atoms with Crippen LogP contribution in [0.1, 0.15) is 95.4 Å². The summed E-state index contributed by atoms with van der Waals surface area (Å²) in [7, 11) is 9.18. The van der Waals surface area contributed by atoms with E-state index in [-0.39, 0.29) is 23.3 Å². The summed E-state index contributed by atoms with van der Waals surface area (Å²) < 4.78 is 0. The van der Waals surface area contributed by atoms with Crippen molar-refractivity contribution in [2.45, 2.75) is 75.7 Å². The lowest BCUT2D eigenvalue weighted by Gasteiger charge is -2.45. The number of allylic oxidation sites excluding steroid dienone is 17. The molecule has 1 spiro atoms. The lowest BCUT2D eigenvalue weighted by molar-refractivity contribution is 0.560. The molecule has 8 aliphatic rings. The van der Waals surface area contributed by atoms with Gasteiger partial charge in [0.05, 0.1) is 11.5 Å². The van der Waals surface area contributed by atoms with Crippen LogP contribution in [0.15, 0.2) is 220 Å². The van der Waals surface area contributed by atoms with Crippen molar-refractivity contribution >= 4 is 31.7 Å². The first-order chi connectivity index (χ1) is 32.5. The molecule has 0 saturated carbocycles. The molecule has 2 N–H and O–H groups in total. The molecule has 0 amide bonds. The second kappa shape index (κ2) is 15.4. The van der Waals surface area contributed by atoms with E-state index in [4.69, 9.17) is 7.85 Å². The molecule has 2 heterocycles. The Morgan fingerprint density at radius 1 is 0.773 bits per heavy atom. The number of dihydropyridines is 1. The second-order valence-electron chi connectivity index (χ2n) is 19.5. The molecule has 13 rings (SSSR count). The van der Waals surface area contributed by atoms with Crippen LogP contribution in [0.3, 0.4) is 0 Å².